The zero-order valence-electron chi connectivity index (χ0n) is 16.4. The van der Waals surface area contributed by atoms with Crippen molar-refractivity contribution >= 4 is 39.0 Å². The first-order chi connectivity index (χ1) is 13.0. The van der Waals surface area contributed by atoms with E-state index >= 15 is 0 Å². The molecule has 0 N–H and O–H groups in total. The summed E-state index contributed by atoms with van der Waals surface area (Å²) in [5.74, 6) is 0. The van der Waals surface area contributed by atoms with Crippen molar-refractivity contribution in [2.45, 2.75) is 33.9 Å². The maximum atomic E-state index is 6.35. The van der Waals surface area contributed by atoms with E-state index in [0.717, 1.165) is 33.3 Å². The molecule has 1 aliphatic rings. The Morgan fingerprint density at radius 2 is 1.70 bits per heavy atom. The van der Waals surface area contributed by atoms with Gasteiger partial charge in [0.25, 0.3) is 0 Å². The van der Waals surface area contributed by atoms with Crippen LogP contribution in [-0.2, 0) is 0 Å². The first-order valence-corrected chi connectivity index (χ1v) is 9.37. The highest BCUT2D eigenvalue weighted by atomic mass is 16.3. The van der Waals surface area contributed by atoms with Crippen molar-refractivity contribution in [3.05, 3.63) is 59.4 Å². The highest BCUT2D eigenvalue weighted by Gasteiger charge is 2.35. The van der Waals surface area contributed by atoms with Crippen LogP contribution in [-0.4, -0.2) is 18.2 Å². The molecule has 2 aromatic heterocycles. The summed E-state index contributed by atoms with van der Waals surface area (Å²) < 4.78 is 6.35. The smallest absolute Gasteiger partial charge is 0.161 e. The minimum Gasteiger partial charge on any atom is -0.452 e. The van der Waals surface area contributed by atoms with Crippen molar-refractivity contribution in [1.29, 1.82) is 0 Å². The highest BCUT2D eigenvalue weighted by molar-refractivity contribution is 6.13. The lowest BCUT2D eigenvalue weighted by atomic mass is 10.1. The summed E-state index contributed by atoms with van der Waals surface area (Å²) in [7, 11) is 2.15. The molecule has 0 amide bonds. The Morgan fingerprint density at radius 1 is 0.926 bits per heavy atom. The van der Waals surface area contributed by atoms with Crippen molar-refractivity contribution < 1.29 is 4.42 Å². The topological polar surface area (TPSA) is 32.5 Å². The summed E-state index contributed by atoms with van der Waals surface area (Å²) in [6, 6.07) is 13.1. The van der Waals surface area contributed by atoms with Gasteiger partial charge in [-0.1, -0.05) is 12.1 Å². The van der Waals surface area contributed by atoms with Crippen molar-refractivity contribution in [2.24, 2.45) is 0 Å². The third kappa shape index (κ3) is 2.13. The summed E-state index contributed by atoms with van der Waals surface area (Å²) in [5, 5.41) is 2.28. The van der Waals surface area contributed by atoms with Gasteiger partial charge in [0.1, 0.15) is 11.9 Å². The largest absolute Gasteiger partial charge is 0.452 e. The average molecular weight is 357 g/mol. The summed E-state index contributed by atoms with van der Waals surface area (Å²) in [5.41, 5.74) is 8.89. The molecule has 1 aliphatic heterocycles. The molecule has 0 bridgehead atoms. The molecule has 3 heterocycles. The summed E-state index contributed by atoms with van der Waals surface area (Å²) in [6.45, 7) is 8.56. The molecule has 4 aromatic rings. The molecule has 0 saturated carbocycles. The number of aromatic nitrogens is 1. The number of hydrogen-bond acceptors (Lipinski definition) is 4. The normalized spacial score (nSPS) is 16.6. The Hall–Kier alpha value is -3.01. The van der Waals surface area contributed by atoms with Crippen LogP contribution in [0.15, 0.2) is 47.0 Å². The Kier molecular flexibility index (Phi) is 3.29. The zero-order chi connectivity index (χ0) is 18.9. The number of nitrogens with zero attached hydrogens (tertiary/aromatic N) is 3. The number of fused-ring (bicyclic) bond motifs is 5. The van der Waals surface area contributed by atoms with E-state index in [1.54, 1.807) is 0 Å². The molecular formula is C23H23N3O. The first-order valence-electron chi connectivity index (χ1n) is 9.37. The van der Waals surface area contributed by atoms with Gasteiger partial charge in [-0.3, -0.25) is 4.98 Å². The Balaban J connectivity index is 1.82. The van der Waals surface area contributed by atoms with E-state index in [2.05, 4.69) is 72.9 Å². The van der Waals surface area contributed by atoms with Gasteiger partial charge in [0.2, 0.25) is 0 Å². The van der Waals surface area contributed by atoms with Crippen molar-refractivity contribution in [1.82, 2.24) is 4.98 Å². The summed E-state index contributed by atoms with van der Waals surface area (Å²) in [4.78, 5) is 9.12. The number of hydrogen-bond donors (Lipinski definition) is 0. The SMILES string of the molecule is Cc1ccc(C)c(N2c3ccc4c(oc5c(C)nccc54)c3N(C)[C@@H]2C)c1. The molecule has 0 radical (unpaired) electrons. The van der Waals surface area contributed by atoms with E-state index < -0.39 is 0 Å². The number of aryl methyl sites for hydroxylation is 3. The molecule has 2 aromatic carbocycles. The molecule has 4 nitrogen and oxygen atoms in total. The average Bonchev–Trinajstić information content (AvgIpc) is 3.14. The van der Waals surface area contributed by atoms with E-state index in [-0.39, 0.29) is 6.17 Å². The van der Waals surface area contributed by atoms with Crippen LogP contribution in [0.5, 0.6) is 0 Å². The predicted octanol–water partition coefficient (Wildman–Crippen LogP) is 5.84. The first kappa shape index (κ1) is 16.2. The number of rotatable bonds is 1. The number of anilines is 3. The van der Waals surface area contributed by atoms with E-state index in [1.165, 1.54) is 22.5 Å². The predicted molar refractivity (Wildman–Crippen MR) is 112 cm³/mol. The second-order valence-electron chi connectivity index (χ2n) is 7.59. The van der Waals surface area contributed by atoms with Crippen LogP contribution in [0, 0.1) is 20.8 Å². The quantitative estimate of drug-likeness (QED) is 0.428. The Morgan fingerprint density at radius 3 is 2.52 bits per heavy atom. The molecule has 27 heavy (non-hydrogen) atoms. The molecule has 0 unspecified atom stereocenters. The third-order valence-corrected chi connectivity index (χ3v) is 5.86. The molecule has 136 valence electrons. The van der Waals surface area contributed by atoms with Crippen LogP contribution in [0.1, 0.15) is 23.7 Å². The van der Waals surface area contributed by atoms with Gasteiger partial charge >= 0.3 is 0 Å². The highest BCUT2D eigenvalue weighted by Crippen LogP contribution is 2.49. The van der Waals surface area contributed by atoms with Gasteiger partial charge in [0, 0.05) is 29.7 Å². The van der Waals surface area contributed by atoms with Gasteiger partial charge < -0.3 is 14.2 Å². The van der Waals surface area contributed by atoms with Gasteiger partial charge in [-0.25, -0.2) is 0 Å². The van der Waals surface area contributed by atoms with E-state index in [9.17, 15) is 0 Å². The lowest BCUT2D eigenvalue weighted by Crippen LogP contribution is -2.36. The van der Waals surface area contributed by atoms with E-state index in [1.807, 2.05) is 19.2 Å². The molecule has 0 saturated heterocycles. The maximum Gasteiger partial charge on any atom is 0.161 e. The summed E-state index contributed by atoms with van der Waals surface area (Å²) >= 11 is 0. The third-order valence-electron chi connectivity index (χ3n) is 5.86. The zero-order valence-corrected chi connectivity index (χ0v) is 16.4. The van der Waals surface area contributed by atoms with Crippen LogP contribution in [0.25, 0.3) is 21.9 Å². The van der Waals surface area contributed by atoms with Gasteiger partial charge in [0.05, 0.1) is 11.4 Å². The molecule has 0 fully saturated rings. The van der Waals surface area contributed by atoms with Crippen LogP contribution in [0.4, 0.5) is 17.1 Å². The standard InChI is InChI=1S/C23H23N3O/c1-13-6-7-14(2)20(12-13)26-16(4)25(5)21-19(26)9-8-17-18-10-11-24-15(3)22(18)27-23(17)21/h6-12,16H,1-5H3/t16-/m0/s1. The number of furan rings is 1. The maximum absolute atomic E-state index is 6.35. The minimum absolute atomic E-state index is 0.207. The molecule has 0 spiro atoms. The fraction of sp³-hybridized carbons (Fsp3) is 0.261. The van der Waals surface area contributed by atoms with Crippen molar-refractivity contribution in [3.8, 4) is 0 Å². The van der Waals surface area contributed by atoms with Crippen molar-refractivity contribution in [2.75, 3.05) is 16.8 Å². The number of benzene rings is 2. The van der Waals surface area contributed by atoms with Crippen LogP contribution < -0.4 is 9.80 Å². The minimum atomic E-state index is 0.207. The van der Waals surface area contributed by atoms with Crippen molar-refractivity contribution in [3.63, 3.8) is 0 Å². The lowest BCUT2D eigenvalue weighted by Gasteiger charge is -2.29. The molecule has 1 atom stereocenters. The second-order valence-corrected chi connectivity index (χ2v) is 7.59. The van der Waals surface area contributed by atoms with Crippen LogP contribution in [0.3, 0.4) is 0 Å². The van der Waals surface area contributed by atoms with Crippen LogP contribution >= 0.6 is 0 Å². The molecule has 4 heteroatoms. The van der Waals surface area contributed by atoms with Gasteiger partial charge in [-0.2, -0.15) is 0 Å². The fourth-order valence-corrected chi connectivity index (χ4v) is 4.28. The Bertz CT molecular complexity index is 1210. The van der Waals surface area contributed by atoms with Gasteiger partial charge in [-0.05, 0) is 63.1 Å². The Labute approximate surface area is 159 Å². The fourth-order valence-electron chi connectivity index (χ4n) is 4.28. The number of pyridine rings is 1. The van der Waals surface area contributed by atoms with Gasteiger partial charge in [0.15, 0.2) is 11.2 Å². The lowest BCUT2D eigenvalue weighted by molar-refractivity contribution is 0.659. The summed E-state index contributed by atoms with van der Waals surface area (Å²) in [6.07, 6.45) is 2.06. The molecule has 0 aliphatic carbocycles. The molecular weight excluding hydrogens is 334 g/mol. The monoisotopic (exact) mass is 357 g/mol. The van der Waals surface area contributed by atoms with E-state index in [4.69, 9.17) is 4.42 Å². The van der Waals surface area contributed by atoms with Crippen LogP contribution in [0.2, 0.25) is 0 Å². The van der Waals surface area contributed by atoms with Gasteiger partial charge in [-0.15, -0.1) is 0 Å². The molecule has 5 rings (SSSR count). The second kappa shape index (κ2) is 5.49. The van der Waals surface area contributed by atoms with E-state index in [0.29, 0.717) is 0 Å².